The molecule has 1 unspecified atom stereocenters. The molecule has 0 spiro atoms. The van der Waals surface area contributed by atoms with Crippen LogP contribution in [0.15, 0.2) is 17.0 Å². The molecule has 0 aliphatic heterocycles. The van der Waals surface area contributed by atoms with E-state index in [2.05, 4.69) is 4.72 Å². The van der Waals surface area contributed by atoms with Gasteiger partial charge in [-0.25, -0.2) is 17.5 Å². The molecule has 3 N–H and O–H groups in total. The number of benzene rings is 1. The summed E-state index contributed by atoms with van der Waals surface area (Å²) < 4.78 is 40.7. The zero-order valence-electron chi connectivity index (χ0n) is 11.6. The smallest absolute Gasteiger partial charge is 0.240 e. The third kappa shape index (κ3) is 4.15. The Morgan fingerprint density at radius 1 is 1.40 bits per heavy atom. The Bertz CT molecular complexity index is 564. The molecule has 1 atom stereocenters. The van der Waals surface area contributed by atoms with E-state index in [0.29, 0.717) is 6.42 Å². The third-order valence-electron chi connectivity index (χ3n) is 3.06. The molecule has 1 aromatic rings. The molecule has 0 radical (unpaired) electrons. The van der Waals surface area contributed by atoms with Gasteiger partial charge in [-0.3, -0.25) is 0 Å². The van der Waals surface area contributed by atoms with Crippen molar-refractivity contribution >= 4 is 21.6 Å². The van der Waals surface area contributed by atoms with Crippen LogP contribution in [0.3, 0.4) is 0 Å². The highest BCUT2D eigenvalue weighted by atomic mass is 35.5. The molecule has 0 aromatic heterocycles. The van der Waals surface area contributed by atoms with Crippen LogP contribution in [0.4, 0.5) is 4.39 Å². The molecule has 0 aliphatic rings. The van der Waals surface area contributed by atoms with Crippen molar-refractivity contribution in [2.75, 3.05) is 0 Å². The fourth-order valence-electron chi connectivity index (χ4n) is 1.90. The van der Waals surface area contributed by atoms with Crippen molar-refractivity contribution in [3.63, 3.8) is 0 Å². The number of nitrogens with two attached hydrogens (primary N) is 1. The van der Waals surface area contributed by atoms with Crippen molar-refractivity contribution in [2.45, 2.75) is 50.6 Å². The summed E-state index contributed by atoms with van der Waals surface area (Å²) in [7, 11) is -3.77. The van der Waals surface area contributed by atoms with Gasteiger partial charge in [-0.05, 0) is 30.5 Å². The molecule has 0 bridgehead atoms. The first-order valence-electron chi connectivity index (χ1n) is 6.56. The largest absolute Gasteiger partial charge is 0.326 e. The molecule has 114 valence electrons. The van der Waals surface area contributed by atoms with Crippen LogP contribution in [0.5, 0.6) is 0 Å². The van der Waals surface area contributed by atoms with Gasteiger partial charge in [-0.2, -0.15) is 0 Å². The summed E-state index contributed by atoms with van der Waals surface area (Å²) in [5.41, 5.74) is 5.71. The molecule has 1 aromatic carbocycles. The van der Waals surface area contributed by atoms with Crippen LogP contribution in [0.1, 0.15) is 38.7 Å². The predicted molar refractivity (Wildman–Crippen MR) is 78.6 cm³/mol. The van der Waals surface area contributed by atoms with E-state index in [0.717, 1.165) is 18.9 Å². The van der Waals surface area contributed by atoms with E-state index in [4.69, 9.17) is 17.3 Å². The van der Waals surface area contributed by atoms with Gasteiger partial charge in [-0.15, -0.1) is 0 Å². The first kappa shape index (κ1) is 17.4. The second kappa shape index (κ2) is 7.36. The summed E-state index contributed by atoms with van der Waals surface area (Å²) in [6.07, 6.45) is 2.27. The van der Waals surface area contributed by atoms with E-state index in [1.165, 1.54) is 6.07 Å². The SMILES string of the molecule is CCCC(CC)NS(=O)(=O)c1cc(F)c(Cl)c(CN)c1. The van der Waals surface area contributed by atoms with E-state index in [-0.39, 0.29) is 28.1 Å². The van der Waals surface area contributed by atoms with Crippen molar-refractivity contribution in [1.82, 2.24) is 4.72 Å². The highest BCUT2D eigenvalue weighted by Crippen LogP contribution is 2.24. The van der Waals surface area contributed by atoms with Crippen LogP contribution in [0.2, 0.25) is 5.02 Å². The molecule has 0 saturated carbocycles. The molecule has 0 fully saturated rings. The van der Waals surface area contributed by atoms with Gasteiger partial charge in [-0.1, -0.05) is 31.9 Å². The number of sulfonamides is 1. The van der Waals surface area contributed by atoms with Crippen molar-refractivity contribution < 1.29 is 12.8 Å². The highest BCUT2D eigenvalue weighted by Gasteiger charge is 2.21. The maximum Gasteiger partial charge on any atom is 0.240 e. The molecule has 0 amide bonds. The van der Waals surface area contributed by atoms with Crippen molar-refractivity contribution in [2.24, 2.45) is 5.73 Å². The molecule has 20 heavy (non-hydrogen) atoms. The minimum atomic E-state index is -3.77. The van der Waals surface area contributed by atoms with Crippen molar-refractivity contribution in [1.29, 1.82) is 0 Å². The lowest BCUT2D eigenvalue weighted by Gasteiger charge is -2.17. The van der Waals surface area contributed by atoms with Gasteiger partial charge >= 0.3 is 0 Å². The maximum atomic E-state index is 13.6. The van der Waals surface area contributed by atoms with Gasteiger partial charge in [0.25, 0.3) is 0 Å². The number of nitrogens with one attached hydrogen (secondary N) is 1. The second-order valence-corrected chi connectivity index (χ2v) is 6.69. The van der Waals surface area contributed by atoms with Crippen molar-refractivity contribution in [3.05, 3.63) is 28.5 Å². The normalized spacial score (nSPS) is 13.4. The Labute approximate surface area is 124 Å². The van der Waals surface area contributed by atoms with Crippen LogP contribution in [-0.4, -0.2) is 14.5 Å². The highest BCUT2D eigenvalue weighted by molar-refractivity contribution is 7.89. The lowest BCUT2D eigenvalue weighted by atomic mass is 10.1. The minimum absolute atomic E-state index is 0.0225. The summed E-state index contributed by atoms with van der Waals surface area (Å²) in [6.45, 7) is 3.85. The summed E-state index contributed by atoms with van der Waals surface area (Å²) in [6, 6.07) is 2.07. The third-order valence-corrected chi connectivity index (χ3v) is 4.98. The van der Waals surface area contributed by atoms with Gasteiger partial charge in [0.15, 0.2) is 0 Å². The van der Waals surface area contributed by atoms with Gasteiger partial charge in [0.2, 0.25) is 10.0 Å². The van der Waals surface area contributed by atoms with E-state index in [1.807, 2.05) is 13.8 Å². The first-order valence-corrected chi connectivity index (χ1v) is 8.42. The Kier molecular flexibility index (Phi) is 6.39. The molecule has 1 rings (SSSR count). The van der Waals surface area contributed by atoms with Crippen LogP contribution in [0.25, 0.3) is 0 Å². The number of halogens is 2. The molecule has 0 heterocycles. The van der Waals surface area contributed by atoms with Crippen LogP contribution < -0.4 is 10.5 Å². The molecule has 7 heteroatoms. The molecule has 0 aliphatic carbocycles. The monoisotopic (exact) mass is 322 g/mol. The lowest BCUT2D eigenvalue weighted by molar-refractivity contribution is 0.511. The van der Waals surface area contributed by atoms with Crippen LogP contribution in [0, 0.1) is 5.82 Å². The fraction of sp³-hybridized carbons (Fsp3) is 0.538. The zero-order chi connectivity index (χ0) is 15.3. The van der Waals surface area contributed by atoms with E-state index in [1.54, 1.807) is 0 Å². The Hall–Kier alpha value is -0.690. The number of hydrogen-bond acceptors (Lipinski definition) is 3. The van der Waals surface area contributed by atoms with Gasteiger partial charge in [0.1, 0.15) is 5.82 Å². The Morgan fingerprint density at radius 3 is 2.55 bits per heavy atom. The zero-order valence-corrected chi connectivity index (χ0v) is 13.2. The minimum Gasteiger partial charge on any atom is -0.326 e. The number of hydrogen-bond donors (Lipinski definition) is 2. The number of rotatable bonds is 7. The summed E-state index contributed by atoms with van der Waals surface area (Å²) in [4.78, 5) is -0.144. The fourth-order valence-corrected chi connectivity index (χ4v) is 3.51. The van der Waals surface area contributed by atoms with Crippen LogP contribution >= 0.6 is 11.6 Å². The molecular weight excluding hydrogens is 303 g/mol. The van der Waals surface area contributed by atoms with Crippen molar-refractivity contribution in [3.8, 4) is 0 Å². The Balaban J connectivity index is 3.12. The lowest BCUT2D eigenvalue weighted by Crippen LogP contribution is -2.34. The van der Waals surface area contributed by atoms with E-state index in [9.17, 15) is 12.8 Å². The maximum absolute atomic E-state index is 13.6. The Morgan fingerprint density at radius 2 is 2.05 bits per heavy atom. The first-order chi connectivity index (χ1) is 9.35. The summed E-state index contributed by atoms with van der Waals surface area (Å²) in [5.74, 6) is -0.779. The summed E-state index contributed by atoms with van der Waals surface area (Å²) in [5, 5.41) is -0.132. The molecular formula is C13H20ClFN2O2S. The molecule has 4 nitrogen and oxygen atoms in total. The van der Waals surface area contributed by atoms with Gasteiger partial charge in [0.05, 0.1) is 9.92 Å². The predicted octanol–water partition coefficient (Wildman–Crippen LogP) is 2.79. The average Bonchev–Trinajstić information content (AvgIpc) is 2.40. The average molecular weight is 323 g/mol. The van der Waals surface area contributed by atoms with Crippen LogP contribution in [-0.2, 0) is 16.6 Å². The standard InChI is InChI=1S/C13H20ClFN2O2S/c1-3-5-10(4-2)17-20(18,19)11-6-9(8-16)13(14)12(15)7-11/h6-7,10,17H,3-5,8,16H2,1-2H3. The summed E-state index contributed by atoms with van der Waals surface area (Å²) >= 11 is 5.73. The topological polar surface area (TPSA) is 72.2 Å². The molecule has 0 saturated heterocycles. The second-order valence-electron chi connectivity index (χ2n) is 4.60. The van der Waals surface area contributed by atoms with Gasteiger partial charge in [0, 0.05) is 12.6 Å². The van der Waals surface area contributed by atoms with E-state index >= 15 is 0 Å². The van der Waals surface area contributed by atoms with E-state index < -0.39 is 15.8 Å². The van der Waals surface area contributed by atoms with Gasteiger partial charge < -0.3 is 5.73 Å². The quantitative estimate of drug-likeness (QED) is 0.810.